The number of halogens is 1. The highest BCUT2D eigenvalue weighted by Crippen LogP contribution is 2.26. The summed E-state index contributed by atoms with van der Waals surface area (Å²) in [5.74, 6) is -0.00917. The summed E-state index contributed by atoms with van der Waals surface area (Å²) < 4.78 is 1.65. The second-order valence-electron chi connectivity index (χ2n) is 7.89. The predicted molar refractivity (Wildman–Crippen MR) is 111 cm³/mol. The third kappa shape index (κ3) is 3.81. The minimum Gasteiger partial charge on any atom is -0.336 e. The van der Waals surface area contributed by atoms with Crippen molar-refractivity contribution in [2.24, 2.45) is 0 Å². The molecule has 0 aliphatic carbocycles. The molecule has 3 heterocycles. The van der Waals surface area contributed by atoms with Crippen molar-refractivity contribution < 1.29 is 4.79 Å². The van der Waals surface area contributed by atoms with Crippen molar-refractivity contribution in [2.45, 2.75) is 25.8 Å². The van der Waals surface area contributed by atoms with Crippen LogP contribution in [0.3, 0.4) is 0 Å². The lowest BCUT2D eigenvalue weighted by Gasteiger charge is -2.42. The number of para-hydroxylation sites is 1. The molecule has 0 saturated carbocycles. The fourth-order valence-corrected chi connectivity index (χ4v) is 4.72. The first kappa shape index (κ1) is 19.4. The van der Waals surface area contributed by atoms with E-state index in [-0.39, 0.29) is 5.91 Å². The van der Waals surface area contributed by atoms with Crippen LogP contribution in [0.1, 0.15) is 28.9 Å². The lowest BCUT2D eigenvalue weighted by molar-refractivity contribution is 0.0452. The van der Waals surface area contributed by atoms with Crippen LogP contribution in [-0.2, 0) is 0 Å². The molecule has 2 aromatic rings. The van der Waals surface area contributed by atoms with Crippen molar-refractivity contribution in [3.63, 3.8) is 0 Å². The molecule has 7 heteroatoms. The molecule has 0 radical (unpaired) electrons. The molecular formula is C21H28ClN5O. The second-order valence-corrected chi connectivity index (χ2v) is 8.24. The van der Waals surface area contributed by atoms with E-state index in [1.165, 1.54) is 19.4 Å². The third-order valence-corrected chi connectivity index (χ3v) is 6.29. The number of amides is 1. The largest absolute Gasteiger partial charge is 0.336 e. The van der Waals surface area contributed by atoms with Gasteiger partial charge < -0.3 is 9.80 Å². The van der Waals surface area contributed by atoms with Crippen molar-refractivity contribution >= 4 is 17.5 Å². The number of carbonyl (C=O) groups excluding carboxylic acids is 1. The molecule has 1 atom stereocenters. The number of aromatic nitrogens is 2. The number of likely N-dealkylation sites (tertiary alicyclic amines) is 1. The van der Waals surface area contributed by atoms with E-state index in [0.717, 1.165) is 38.4 Å². The molecule has 28 heavy (non-hydrogen) atoms. The van der Waals surface area contributed by atoms with Gasteiger partial charge in [0.05, 0.1) is 16.9 Å². The summed E-state index contributed by atoms with van der Waals surface area (Å²) in [6, 6.07) is 10.3. The van der Waals surface area contributed by atoms with E-state index in [4.69, 9.17) is 11.6 Å². The fourth-order valence-electron chi connectivity index (χ4n) is 4.37. The van der Waals surface area contributed by atoms with E-state index in [2.05, 4.69) is 21.9 Å². The van der Waals surface area contributed by atoms with Crippen LogP contribution >= 0.6 is 11.6 Å². The average Bonchev–Trinajstić information content (AvgIpc) is 3.02. The summed E-state index contributed by atoms with van der Waals surface area (Å²) in [4.78, 5) is 20.1. The third-order valence-electron chi connectivity index (χ3n) is 5.94. The number of likely N-dealkylation sites (N-methyl/N-ethyl adjacent to an activating group) is 1. The van der Waals surface area contributed by atoms with Crippen molar-refractivity contribution in [1.29, 1.82) is 0 Å². The topological polar surface area (TPSA) is 44.6 Å². The molecule has 2 fully saturated rings. The van der Waals surface area contributed by atoms with Crippen molar-refractivity contribution in [3.8, 4) is 5.69 Å². The first-order valence-corrected chi connectivity index (χ1v) is 10.4. The van der Waals surface area contributed by atoms with Crippen molar-refractivity contribution in [1.82, 2.24) is 24.5 Å². The molecule has 1 amide bonds. The maximum absolute atomic E-state index is 13.2. The Hall–Kier alpha value is -1.89. The van der Waals surface area contributed by atoms with Gasteiger partial charge in [0, 0.05) is 38.8 Å². The first-order valence-electron chi connectivity index (χ1n) is 10.1. The molecule has 150 valence electrons. The van der Waals surface area contributed by atoms with Crippen LogP contribution in [0, 0.1) is 6.92 Å². The molecule has 2 aliphatic rings. The van der Waals surface area contributed by atoms with E-state index in [9.17, 15) is 4.79 Å². The van der Waals surface area contributed by atoms with E-state index in [1.54, 1.807) is 4.68 Å². The number of hydrogen-bond donors (Lipinski definition) is 0. The van der Waals surface area contributed by atoms with Gasteiger partial charge in [-0.25, -0.2) is 4.68 Å². The molecule has 2 saturated heterocycles. The van der Waals surface area contributed by atoms with Crippen LogP contribution in [0.4, 0.5) is 0 Å². The Morgan fingerprint density at radius 2 is 1.82 bits per heavy atom. The van der Waals surface area contributed by atoms with E-state index >= 15 is 0 Å². The van der Waals surface area contributed by atoms with Crippen molar-refractivity contribution in [3.05, 3.63) is 46.7 Å². The van der Waals surface area contributed by atoms with Gasteiger partial charge in [0.2, 0.25) is 0 Å². The highest BCUT2D eigenvalue weighted by Gasteiger charge is 2.31. The Morgan fingerprint density at radius 3 is 2.50 bits per heavy atom. The summed E-state index contributed by atoms with van der Waals surface area (Å²) >= 11 is 6.58. The zero-order chi connectivity index (χ0) is 19.7. The van der Waals surface area contributed by atoms with Crippen LogP contribution in [0.15, 0.2) is 30.3 Å². The quantitative estimate of drug-likeness (QED) is 0.793. The molecule has 0 spiro atoms. The number of benzene rings is 1. The van der Waals surface area contributed by atoms with Gasteiger partial charge in [0.25, 0.3) is 5.91 Å². The molecule has 1 unspecified atom stereocenters. The summed E-state index contributed by atoms with van der Waals surface area (Å²) in [6.45, 7) is 7.51. The SMILES string of the molecule is Cc1nn(-c2ccccc2)c(Cl)c1C(=O)N1CCN(C2CCCN(C)C2)CC1. The molecule has 6 nitrogen and oxygen atoms in total. The summed E-state index contributed by atoms with van der Waals surface area (Å²) in [7, 11) is 2.20. The van der Waals surface area contributed by atoms with Gasteiger partial charge in [-0.2, -0.15) is 5.10 Å². The second kappa shape index (κ2) is 8.23. The highest BCUT2D eigenvalue weighted by atomic mass is 35.5. The summed E-state index contributed by atoms with van der Waals surface area (Å²) in [6.07, 6.45) is 2.51. The summed E-state index contributed by atoms with van der Waals surface area (Å²) in [5.41, 5.74) is 2.06. The average molecular weight is 402 g/mol. The summed E-state index contributed by atoms with van der Waals surface area (Å²) in [5, 5.41) is 4.91. The van der Waals surface area contributed by atoms with Crippen LogP contribution < -0.4 is 0 Å². The minimum atomic E-state index is -0.00917. The van der Waals surface area contributed by atoms with Gasteiger partial charge in [0.1, 0.15) is 5.15 Å². The smallest absolute Gasteiger partial charge is 0.258 e. The van der Waals surface area contributed by atoms with Crippen LogP contribution in [-0.4, -0.2) is 82.7 Å². The number of hydrogen-bond acceptors (Lipinski definition) is 4. The van der Waals surface area contributed by atoms with Crippen LogP contribution in [0.5, 0.6) is 0 Å². The molecule has 4 rings (SSSR count). The Morgan fingerprint density at radius 1 is 1.11 bits per heavy atom. The van der Waals surface area contributed by atoms with E-state index in [0.29, 0.717) is 22.5 Å². The molecular weight excluding hydrogens is 374 g/mol. The monoisotopic (exact) mass is 401 g/mol. The highest BCUT2D eigenvalue weighted by molar-refractivity contribution is 6.33. The van der Waals surface area contributed by atoms with Gasteiger partial charge in [-0.1, -0.05) is 29.8 Å². The fraction of sp³-hybridized carbons (Fsp3) is 0.524. The molecule has 2 aliphatic heterocycles. The normalized spacial score (nSPS) is 21.8. The maximum atomic E-state index is 13.2. The van der Waals surface area contributed by atoms with Crippen LogP contribution in [0.25, 0.3) is 5.69 Å². The number of piperidine rings is 1. The Kier molecular flexibility index (Phi) is 5.71. The van der Waals surface area contributed by atoms with E-state index < -0.39 is 0 Å². The lowest BCUT2D eigenvalue weighted by atomic mass is 10.0. The number of carbonyl (C=O) groups is 1. The zero-order valence-corrected chi connectivity index (χ0v) is 17.4. The Bertz CT molecular complexity index is 829. The lowest BCUT2D eigenvalue weighted by Crippen LogP contribution is -2.55. The van der Waals surface area contributed by atoms with E-state index in [1.807, 2.05) is 42.2 Å². The van der Waals surface area contributed by atoms with Gasteiger partial charge in [-0.3, -0.25) is 9.69 Å². The van der Waals surface area contributed by atoms with Gasteiger partial charge in [-0.05, 0) is 45.5 Å². The van der Waals surface area contributed by atoms with Gasteiger partial charge >= 0.3 is 0 Å². The van der Waals surface area contributed by atoms with Gasteiger partial charge in [-0.15, -0.1) is 0 Å². The molecule has 1 aromatic heterocycles. The Balaban J connectivity index is 1.45. The minimum absolute atomic E-state index is 0.00917. The number of aryl methyl sites for hydroxylation is 1. The number of nitrogens with zero attached hydrogens (tertiary/aromatic N) is 5. The number of piperazine rings is 1. The molecule has 0 bridgehead atoms. The zero-order valence-electron chi connectivity index (χ0n) is 16.6. The molecule has 0 N–H and O–H groups in total. The standard InChI is InChI=1S/C21H28ClN5O/c1-16-19(20(22)27(23-16)17-7-4-3-5-8-17)21(28)26-13-11-25(12-14-26)18-9-6-10-24(2)15-18/h3-5,7-8,18H,6,9-15H2,1-2H3. The van der Waals surface area contributed by atoms with Crippen molar-refractivity contribution in [2.75, 3.05) is 46.3 Å². The maximum Gasteiger partial charge on any atom is 0.258 e. The van der Waals surface area contributed by atoms with Gasteiger partial charge in [0.15, 0.2) is 0 Å². The first-order chi connectivity index (χ1) is 13.5. The van der Waals surface area contributed by atoms with Crippen LogP contribution in [0.2, 0.25) is 5.15 Å². The predicted octanol–water partition coefficient (Wildman–Crippen LogP) is 2.69. The molecule has 1 aromatic carbocycles. The number of rotatable bonds is 3. The Labute approximate surface area is 171 Å².